The minimum Gasteiger partial charge on any atom is -0.493 e. The third kappa shape index (κ3) is 3.61. The van der Waals surface area contributed by atoms with Gasteiger partial charge in [-0.15, -0.1) is 0 Å². The molecule has 1 aliphatic rings. The highest BCUT2D eigenvalue weighted by molar-refractivity contribution is 7.84. The highest BCUT2D eigenvalue weighted by Crippen LogP contribution is 2.41. The van der Waals surface area contributed by atoms with Crippen molar-refractivity contribution in [3.63, 3.8) is 0 Å². The van der Waals surface area contributed by atoms with Gasteiger partial charge in [-0.1, -0.05) is 6.92 Å². The molecule has 0 radical (unpaired) electrons. The van der Waals surface area contributed by atoms with Crippen molar-refractivity contribution in [3.05, 3.63) is 17.7 Å². The highest BCUT2D eigenvalue weighted by atomic mass is 32.2. The van der Waals surface area contributed by atoms with Crippen molar-refractivity contribution in [2.24, 2.45) is 0 Å². The van der Waals surface area contributed by atoms with Crippen LogP contribution in [0.15, 0.2) is 12.1 Å². The van der Waals surface area contributed by atoms with Gasteiger partial charge in [0.1, 0.15) is 0 Å². The Bertz CT molecular complexity index is 464. The van der Waals surface area contributed by atoms with E-state index < -0.39 is 10.8 Å². The minimum absolute atomic E-state index is 0.234. The van der Waals surface area contributed by atoms with Gasteiger partial charge >= 0.3 is 0 Å². The van der Waals surface area contributed by atoms with Gasteiger partial charge in [0, 0.05) is 35.4 Å². The van der Waals surface area contributed by atoms with Gasteiger partial charge in [-0.05, 0) is 17.7 Å². The molecule has 0 aliphatic carbocycles. The van der Waals surface area contributed by atoms with E-state index in [1.165, 1.54) is 0 Å². The standard InChI is InChI=1S/C13H19NO4S/c1-3-19(15)5-4-14-8-10-6-11(16-2)13-12(7-10)17-9-18-13/h6-7,14H,3-5,8-9H2,1-2H3. The maximum absolute atomic E-state index is 11.3. The van der Waals surface area contributed by atoms with Crippen molar-refractivity contribution in [1.29, 1.82) is 0 Å². The number of benzene rings is 1. The Morgan fingerprint density at radius 3 is 3.00 bits per heavy atom. The number of methoxy groups -OCH3 is 1. The second kappa shape index (κ2) is 6.77. The lowest BCUT2D eigenvalue weighted by molar-refractivity contribution is 0.171. The molecule has 0 aromatic heterocycles. The van der Waals surface area contributed by atoms with Crippen molar-refractivity contribution in [1.82, 2.24) is 5.32 Å². The SMILES string of the molecule is CCS(=O)CCNCc1cc(OC)c2c(c1)OCO2. The largest absolute Gasteiger partial charge is 0.493 e. The van der Waals surface area contributed by atoms with E-state index in [0.717, 1.165) is 12.1 Å². The Kier molecular flexibility index (Phi) is 5.04. The second-order valence-corrected chi connectivity index (χ2v) is 6.01. The van der Waals surface area contributed by atoms with Crippen LogP contribution in [0.25, 0.3) is 0 Å². The van der Waals surface area contributed by atoms with E-state index in [0.29, 0.717) is 35.3 Å². The molecule has 0 saturated heterocycles. The smallest absolute Gasteiger partial charge is 0.231 e. The van der Waals surface area contributed by atoms with Gasteiger partial charge in [0.25, 0.3) is 0 Å². The normalized spacial score (nSPS) is 14.4. The molecule has 1 heterocycles. The van der Waals surface area contributed by atoms with E-state index in [1.54, 1.807) is 7.11 Å². The van der Waals surface area contributed by atoms with Crippen molar-refractivity contribution in [2.75, 3.05) is 32.0 Å². The van der Waals surface area contributed by atoms with E-state index in [4.69, 9.17) is 14.2 Å². The van der Waals surface area contributed by atoms with Crippen molar-refractivity contribution >= 4 is 10.8 Å². The van der Waals surface area contributed by atoms with Crippen LogP contribution in [0.1, 0.15) is 12.5 Å². The van der Waals surface area contributed by atoms with E-state index >= 15 is 0 Å². The topological polar surface area (TPSA) is 56.8 Å². The number of nitrogens with one attached hydrogen (secondary N) is 1. The molecular weight excluding hydrogens is 266 g/mol. The third-order valence-corrected chi connectivity index (χ3v) is 4.18. The maximum atomic E-state index is 11.3. The molecule has 106 valence electrons. The van der Waals surface area contributed by atoms with Gasteiger partial charge in [-0.25, -0.2) is 0 Å². The van der Waals surface area contributed by atoms with Crippen LogP contribution < -0.4 is 19.5 Å². The Morgan fingerprint density at radius 1 is 1.42 bits per heavy atom. The predicted octanol–water partition coefficient (Wildman–Crippen LogP) is 1.28. The average Bonchev–Trinajstić information content (AvgIpc) is 2.90. The molecule has 19 heavy (non-hydrogen) atoms. The molecule has 0 spiro atoms. The van der Waals surface area contributed by atoms with Crippen LogP contribution in [0.3, 0.4) is 0 Å². The molecule has 0 bridgehead atoms. The molecule has 0 fully saturated rings. The molecule has 1 aliphatic heterocycles. The molecule has 1 unspecified atom stereocenters. The van der Waals surface area contributed by atoms with Crippen LogP contribution in [-0.4, -0.2) is 36.2 Å². The number of ether oxygens (including phenoxy) is 3. The fourth-order valence-corrected chi connectivity index (χ4v) is 2.51. The Morgan fingerprint density at radius 2 is 2.26 bits per heavy atom. The molecule has 1 aromatic carbocycles. The minimum atomic E-state index is -0.722. The summed E-state index contributed by atoms with van der Waals surface area (Å²) in [6.07, 6.45) is 0. The lowest BCUT2D eigenvalue weighted by atomic mass is 10.2. The summed E-state index contributed by atoms with van der Waals surface area (Å²) in [5.74, 6) is 3.45. The molecule has 2 rings (SSSR count). The second-order valence-electron chi connectivity index (χ2n) is 4.14. The summed E-state index contributed by atoms with van der Waals surface area (Å²) in [5.41, 5.74) is 1.06. The summed E-state index contributed by atoms with van der Waals surface area (Å²) in [6.45, 7) is 3.59. The Labute approximate surface area is 115 Å². The van der Waals surface area contributed by atoms with E-state index in [1.807, 2.05) is 19.1 Å². The highest BCUT2D eigenvalue weighted by Gasteiger charge is 2.19. The van der Waals surface area contributed by atoms with Crippen LogP contribution in [0.2, 0.25) is 0 Å². The average molecular weight is 285 g/mol. The zero-order chi connectivity index (χ0) is 13.7. The summed E-state index contributed by atoms with van der Waals surface area (Å²) < 4.78 is 27.3. The predicted molar refractivity (Wildman–Crippen MR) is 74.4 cm³/mol. The van der Waals surface area contributed by atoms with Gasteiger partial charge in [0.2, 0.25) is 12.5 Å². The van der Waals surface area contributed by atoms with Gasteiger partial charge in [-0.3, -0.25) is 4.21 Å². The Balaban J connectivity index is 1.92. The summed E-state index contributed by atoms with van der Waals surface area (Å²) in [6, 6.07) is 3.87. The fourth-order valence-electron chi connectivity index (χ4n) is 1.85. The molecule has 0 amide bonds. The maximum Gasteiger partial charge on any atom is 0.231 e. The first kappa shape index (κ1) is 14.1. The zero-order valence-corrected chi connectivity index (χ0v) is 12.0. The van der Waals surface area contributed by atoms with Gasteiger partial charge in [0.05, 0.1) is 7.11 Å². The lowest BCUT2D eigenvalue weighted by Crippen LogP contribution is -2.20. The van der Waals surface area contributed by atoms with Gasteiger partial charge in [0.15, 0.2) is 11.5 Å². The zero-order valence-electron chi connectivity index (χ0n) is 11.2. The lowest BCUT2D eigenvalue weighted by Gasteiger charge is -2.09. The van der Waals surface area contributed by atoms with Gasteiger partial charge in [-0.2, -0.15) is 0 Å². The first-order valence-electron chi connectivity index (χ1n) is 6.26. The molecule has 1 atom stereocenters. The van der Waals surface area contributed by atoms with Gasteiger partial charge < -0.3 is 19.5 Å². The van der Waals surface area contributed by atoms with Crippen LogP contribution in [0.5, 0.6) is 17.2 Å². The first-order valence-corrected chi connectivity index (χ1v) is 7.75. The van der Waals surface area contributed by atoms with E-state index in [-0.39, 0.29) is 6.79 Å². The van der Waals surface area contributed by atoms with Crippen LogP contribution in [-0.2, 0) is 17.3 Å². The molecule has 5 nitrogen and oxygen atoms in total. The third-order valence-electron chi connectivity index (χ3n) is 2.88. The Hall–Kier alpha value is -1.27. The molecule has 6 heteroatoms. The van der Waals surface area contributed by atoms with Crippen LogP contribution in [0, 0.1) is 0 Å². The summed E-state index contributed by atoms with van der Waals surface area (Å²) >= 11 is 0. The number of hydrogen-bond donors (Lipinski definition) is 1. The molecular formula is C13H19NO4S. The number of rotatable bonds is 7. The summed E-state index contributed by atoms with van der Waals surface area (Å²) in [4.78, 5) is 0. The van der Waals surface area contributed by atoms with Crippen molar-refractivity contribution in [2.45, 2.75) is 13.5 Å². The summed E-state index contributed by atoms with van der Waals surface area (Å²) in [5, 5.41) is 3.26. The fraction of sp³-hybridized carbons (Fsp3) is 0.538. The number of fused-ring (bicyclic) bond motifs is 1. The van der Waals surface area contributed by atoms with Crippen molar-refractivity contribution < 1.29 is 18.4 Å². The van der Waals surface area contributed by atoms with E-state index in [2.05, 4.69) is 5.32 Å². The van der Waals surface area contributed by atoms with Crippen LogP contribution in [0.4, 0.5) is 0 Å². The van der Waals surface area contributed by atoms with Crippen LogP contribution >= 0.6 is 0 Å². The van der Waals surface area contributed by atoms with Crippen molar-refractivity contribution in [3.8, 4) is 17.2 Å². The molecule has 1 N–H and O–H groups in total. The molecule has 0 saturated carbocycles. The van der Waals surface area contributed by atoms with E-state index in [9.17, 15) is 4.21 Å². The quantitative estimate of drug-likeness (QED) is 0.765. The number of hydrogen-bond acceptors (Lipinski definition) is 5. The first-order chi connectivity index (χ1) is 9.24. The monoisotopic (exact) mass is 285 g/mol. The molecule has 1 aromatic rings. The summed E-state index contributed by atoms with van der Waals surface area (Å²) in [7, 11) is 0.888.